The van der Waals surface area contributed by atoms with Crippen molar-refractivity contribution < 1.29 is 9.21 Å². The van der Waals surface area contributed by atoms with Crippen LogP contribution in [0.1, 0.15) is 40.5 Å². The number of benzene rings is 1. The monoisotopic (exact) mass is 298 g/mol. The van der Waals surface area contributed by atoms with Crippen molar-refractivity contribution in [2.45, 2.75) is 26.8 Å². The molecule has 0 spiro atoms. The number of hydrogen-bond donors (Lipinski definition) is 1. The van der Waals surface area contributed by atoms with E-state index >= 15 is 0 Å². The molecule has 0 unspecified atom stereocenters. The topological polar surface area (TPSA) is 73.0 Å². The van der Waals surface area contributed by atoms with Gasteiger partial charge in [0.2, 0.25) is 0 Å². The van der Waals surface area contributed by atoms with Crippen molar-refractivity contribution in [2.75, 3.05) is 0 Å². The van der Waals surface area contributed by atoms with Crippen molar-refractivity contribution in [3.8, 4) is 0 Å². The molecule has 0 aliphatic carbocycles. The molecule has 3 rings (SSSR count). The van der Waals surface area contributed by atoms with Gasteiger partial charge in [-0.2, -0.15) is 0 Å². The molecule has 0 saturated heterocycles. The minimum atomic E-state index is -0.255. The molecule has 2 heterocycles. The molecule has 2 aromatic heterocycles. The highest BCUT2D eigenvalue weighted by Crippen LogP contribution is 2.26. The third kappa shape index (κ3) is 2.36. The predicted molar refractivity (Wildman–Crippen MR) is 82.6 cm³/mol. The van der Waals surface area contributed by atoms with Gasteiger partial charge in [-0.05, 0) is 32.4 Å². The Balaban J connectivity index is 1.89. The number of fused-ring (bicyclic) bond motifs is 1. The number of carbonyl (C=O) groups excluding carboxylic acids is 1. The van der Waals surface area contributed by atoms with Crippen LogP contribution in [0.3, 0.4) is 0 Å². The maximum absolute atomic E-state index is 12.5. The lowest BCUT2D eigenvalue weighted by Crippen LogP contribution is -2.28. The lowest BCUT2D eigenvalue weighted by atomic mass is 10.1. The molecule has 1 amide bonds. The van der Waals surface area contributed by atoms with Gasteiger partial charge in [-0.25, -0.2) is 0 Å². The Kier molecular flexibility index (Phi) is 3.44. The quantitative estimate of drug-likeness (QED) is 0.807. The summed E-state index contributed by atoms with van der Waals surface area (Å²) in [4.78, 5) is 12.5. The zero-order valence-corrected chi connectivity index (χ0v) is 13.0. The van der Waals surface area contributed by atoms with Crippen LogP contribution < -0.4 is 5.32 Å². The summed E-state index contributed by atoms with van der Waals surface area (Å²) in [6, 6.07) is 5.67. The highest BCUT2D eigenvalue weighted by atomic mass is 16.3. The van der Waals surface area contributed by atoms with E-state index in [1.165, 1.54) is 0 Å². The normalized spacial score (nSPS) is 12.5. The van der Waals surface area contributed by atoms with Gasteiger partial charge >= 0.3 is 0 Å². The summed E-state index contributed by atoms with van der Waals surface area (Å²) in [6.07, 6.45) is 1.60. The first-order valence-corrected chi connectivity index (χ1v) is 7.12. The first-order chi connectivity index (χ1) is 10.5. The minimum absolute atomic E-state index is 0.248. The van der Waals surface area contributed by atoms with Gasteiger partial charge in [0.1, 0.15) is 11.9 Å². The Bertz CT molecular complexity index is 847. The maximum atomic E-state index is 12.5. The zero-order chi connectivity index (χ0) is 15.9. The molecule has 114 valence electrons. The van der Waals surface area contributed by atoms with E-state index in [-0.39, 0.29) is 11.9 Å². The highest BCUT2D eigenvalue weighted by molar-refractivity contribution is 5.99. The first kappa shape index (κ1) is 14.3. The average molecular weight is 298 g/mol. The molecule has 6 heteroatoms. The molecule has 0 aliphatic rings. The molecule has 3 aromatic rings. The number of nitrogens with zero attached hydrogens (tertiary/aromatic N) is 3. The van der Waals surface area contributed by atoms with Crippen LogP contribution >= 0.6 is 0 Å². The Morgan fingerprint density at radius 1 is 1.36 bits per heavy atom. The van der Waals surface area contributed by atoms with Crippen molar-refractivity contribution in [2.24, 2.45) is 7.05 Å². The van der Waals surface area contributed by atoms with Crippen LogP contribution in [-0.4, -0.2) is 20.7 Å². The van der Waals surface area contributed by atoms with Crippen molar-refractivity contribution in [3.63, 3.8) is 0 Å². The van der Waals surface area contributed by atoms with Gasteiger partial charge in [-0.3, -0.25) is 4.79 Å². The summed E-state index contributed by atoms with van der Waals surface area (Å²) >= 11 is 0. The standard InChI is InChI=1S/C16H18N4O2/c1-9-5-6-12-10(2)14(22-13(12)7-9)16(21)18-11(3)15-19-17-8-20(15)4/h5-8,11H,1-4H3,(H,18,21)/t11-/m0/s1. The Labute approximate surface area is 128 Å². The summed E-state index contributed by atoms with van der Waals surface area (Å²) in [5.74, 6) is 0.787. The van der Waals surface area contributed by atoms with E-state index in [0.29, 0.717) is 11.6 Å². The minimum Gasteiger partial charge on any atom is -0.451 e. The van der Waals surface area contributed by atoms with Gasteiger partial charge in [0.05, 0.1) is 6.04 Å². The van der Waals surface area contributed by atoms with Crippen molar-refractivity contribution in [1.29, 1.82) is 0 Å². The lowest BCUT2D eigenvalue weighted by Gasteiger charge is -2.12. The summed E-state index contributed by atoms with van der Waals surface area (Å²) in [6.45, 7) is 5.75. The molecule has 0 bridgehead atoms. The van der Waals surface area contributed by atoms with Crippen LogP contribution in [0.2, 0.25) is 0 Å². The fourth-order valence-electron chi connectivity index (χ4n) is 2.56. The Hall–Kier alpha value is -2.63. The van der Waals surface area contributed by atoms with Crippen LogP contribution in [0, 0.1) is 13.8 Å². The van der Waals surface area contributed by atoms with Gasteiger partial charge in [0.15, 0.2) is 11.6 Å². The van der Waals surface area contributed by atoms with E-state index in [1.54, 1.807) is 10.9 Å². The number of nitrogens with one attached hydrogen (secondary N) is 1. The van der Waals surface area contributed by atoms with Gasteiger partial charge in [0, 0.05) is 18.0 Å². The van der Waals surface area contributed by atoms with Crippen LogP contribution in [0.15, 0.2) is 28.9 Å². The van der Waals surface area contributed by atoms with Crippen LogP contribution in [0.5, 0.6) is 0 Å². The molecule has 1 aromatic carbocycles. The van der Waals surface area contributed by atoms with Crippen LogP contribution in [0.4, 0.5) is 0 Å². The number of rotatable bonds is 3. The van der Waals surface area contributed by atoms with Gasteiger partial charge in [-0.1, -0.05) is 12.1 Å². The molecule has 22 heavy (non-hydrogen) atoms. The predicted octanol–water partition coefficient (Wildman–Crippen LogP) is 2.67. The Morgan fingerprint density at radius 3 is 2.82 bits per heavy atom. The number of aromatic nitrogens is 3. The number of hydrogen-bond acceptors (Lipinski definition) is 4. The molecular formula is C16H18N4O2. The van der Waals surface area contributed by atoms with E-state index in [9.17, 15) is 4.79 Å². The summed E-state index contributed by atoms with van der Waals surface area (Å²) in [5, 5.41) is 11.7. The molecule has 0 radical (unpaired) electrons. The van der Waals surface area contributed by atoms with E-state index in [0.717, 1.165) is 22.1 Å². The number of amides is 1. The third-order valence-corrected chi connectivity index (χ3v) is 3.78. The average Bonchev–Trinajstić information content (AvgIpc) is 3.02. The van der Waals surface area contributed by atoms with Crippen LogP contribution in [0.25, 0.3) is 11.0 Å². The fourth-order valence-corrected chi connectivity index (χ4v) is 2.56. The molecular weight excluding hydrogens is 280 g/mol. The summed E-state index contributed by atoms with van der Waals surface area (Å²) in [7, 11) is 1.84. The van der Waals surface area contributed by atoms with Gasteiger partial charge < -0.3 is 14.3 Å². The van der Waals surface area contributed by atoms with E-state index in [2.05, 4.69) is 15.5 Å². The fraction of sp³-hybridized carbons (Fsp3) is 0.312. The maximum Gasteiger partial charge on any atom is 0.287 e. The summed E-state index contributed by atoms with van der Waals surface area (Å²) < 4.78 is 7.51. The van der Waals surface area contributed by atoms with Gasteiger partial charge in [-0.15, -0.1) is 10.2 Å². The van der Waals surface area contributed by atoms with Crippen molar-refractivity contribution in [3.05, 3.63) is 47.2 Å². The SMILES string of the molecule is Cc1ccc2c(C)c(C(=O)N[C@@H](C)c3nncn3C)oc2c1. The Morgan fingerprint density at radius 2 is 2.14 bits per heavy atom. The second-order valence-electron chi connectivity index (χ2n) is 5.55. The van der Waals surface area contributed by atoms with Crippen LogP contribution in [-0.2, 0) is 7.05 Å². The second-order valence-corrected chi connectivity index (χ2v) is 5.55. The van der Waals surface area contributed by atoms with E-state index in [1.807, 2.05) is 46.0 Å². The smallest absolute Gasteiger partial charge is 0.287 e. The van der Waals surface area contributed by atoms with Crippen molar-refractivity contribution >= 4 is 16.9 Å². The second kappa shape index (κ2) is 5.29. The molecule has 1 N–H and O–H groups in total. The molecule has 0 saturated carbocycles. The third-order valence-electron chi connectivity index (χ3n) is 3.78. The summed E-state index contributed by atoms with van der Waals surface area (Å²) in [5.41, 5.74) is 2.67. The van der Waals surface area contributed by atoms with E-state index in [4.69, 9.17) is 4.42 Å². The van der Waals surface area contributed by atoms with E-state index < -0.39 is 0 Å². The highest BCUT2D eigenvalue weighted by Gasteiger charge is 2.21. The number of aryl methyl sites for hydroxylation is 3. The molecule has 0 aliphatic heterocycles. The molecule has 1 atom stereocenters. The number of furan rings is 1. The van der Waals surface area contributed by atoms with Gasteiger partial charge in [0.25, 0.3) is 5.91 Å². The molecule has 6 nitrogen and oxygen atoms in total. The van der Waals surface area contributed by atoms with Crippen molar-refractivity contribution in [1.82, 2.24) is 20.1 Å². The zero-order valence-electron chi connectivity index (χ0n) is 13.0. The lowest BCUT2D eigenvalue weighted by molar-refractivity contribution is 0.0911. The number of carbonyl (C=O) groups is 1. The molecule has 0 fully saturated rings. The first-order valence-electron chi connectivity index (χ1n) is 7.12. The largest absolute Gasteiger partial charge is 0.451 e.